The number of piperazine rings is 1. The Morgan fingerprint density at radius 2 is 2.00 bits per heavy atom. The molecule has 0 radical (unpaired) electrons. The third-order valence-electron chi connectivity index (χ3n) is 4.44. The lowest BCUT2D eigenvalue weighted by Gasteiger charge is -2.34. The Labute approximate surface area is 133 Å². The van der Waals surface area contributed by atoms with Crippen molar-refractivity contribution in [1.82, 2.24) is 19.9 Å². The molecule has 3 heterocycles. The number of nitrogens with zero attached hydrogens (tertiary/aromatic N) is 4. The molecule has 1 aliphatic heterocycles. The summed E-state index contributed by atoms with van der Waals surface area (Å²) in [5, 5.41) is 1.78. The monoisotopic (exact) mass is 315 g/mol. The van der Waals surface area contributed by atoms with Gasteiger partial charge in [-0.15, -0.1) is 0 Å². The van der Waals surface area contributed by atoms with Gasteiger partial charge in [0.2, 0.25) is 0 Å². The van der Waals surface area contributed by atoms with Crippen molar-refractivity contribution in [2.75, 3.05) is 37.6 Å². The van der Waals surface area contributed by atoms with Gasteiger partial charge in [-0.25, -0.2) is 9.97 Å². The zero-order chi connectivity index (χ0) is 15.1. The first-order valence-corrected chi connectivity index (χ1v) is 8.03. The molecule has 114 valence electrons. The van der Waals surface area contributed by atoms with Gasteiger partial charge < -0.3 is 14.8 Å². The number of rotatable bonds is 2. The smallest absolute Gasteiger partial charge is 0.156 e. The summed E-state index contributed by atoms with van der Waals surface area (Å²) in [6.07, 6.45) is 1.65. The Morgan fingerprint density at radius 3 is 2.77 bits per heavy atom. The minimum absolute atomic E-state index is 0.727. The zero-order valence-electron chi connectivity index (χ0n) is 12.5. The maximum atomic E-state index is 6.12. The molecule has 6 heteroatoms. The van der Waals surface area contributed by atoms with E-state index in [-0.39, 0.29) is 0 Å². The van der Waals surface area contributed by atoms with Gasteiger partial charge in [0.05, 0.1) is 0 Å². The molecule has 0 saturated carbocycles. The van der Waals surface area contributed by atoms with Gasteiger partial charge >= 0.3 is 0 Å². The van der Waals surface area contributed by atoms with E-state index in [4.69, 9.17) is 11.6 Å². The van der Waals surface area contributed by atoms with Crippen LogP contribution in [0.4, 0.5) is 5.82 Å². The van der Waals surface area contributed by atoms with Crippen LogP contribution in [-0.4, -0.2) is 52.6 Å². The summed E-state index contributed by atoms with van der Waals surface area (Å²) in [6, 6.07) is 5.85. The van der Waals surface area contributed by atoms with Gasteiger partial charge in [-0.3, -0.25) is 0 Å². The fraction of sp³-hybridized carbons (Fsp3) is 0.375. The molecule has 1 fully saturated rings. The van der Waals surface area contributed by atoms with Crippen LogP contribution in [0, 0.1) is 0 Å². The number of aromatic nitrogens is 3. The van der Waals surface area contributed by atoms with Gasteiger partial charge in [0.1, 0.15) is 17.4 Å². The van der Waals surface area contributed by atoms with Crippen molar-refractivity contribution in [2.24, 2.45) is 0 Å². The van der Waals surface area contributed by atoms with Crippen LogP contribution < -0.4 is 4.90 Å². The Balaban J connectivity index is 1.80. The highest BCUT2D eigenvalue weighted by atomic mass is 35.5. The SMILES string of the molecule is CCN1CCN(c2ncnc3c2[nH]c2ccc(Cl)cc23)CC1. The maximum absolute atomic E-state index is 6.12. The van der Waals surface area contributed by atoms with E-state index in [1.807, 2.05) is 18.2 Å². The highest BCUT2D eigenvalue weighted by molar-refractivity contribution is 6.31. The molecule has 4 rings (SSSR count). The Kier molecular flexibility index (Phi) is 3.39. The molecule has 0 unspecified atom stereocenters. The number of hydrogen-bond donors (Lipinski definition) is 1. The van der Waals surface area contributed by atoms with Crippen LogP contribution >= 0.6 is 11.6 Å². The van der Waals surface area contributed by atoms with Crippen molar-refractivity contribution in [2.45, 2.75) is 6.92 Å². The standard InChI is InChI=1S/C16H18ClN5/c1-2-21-5-7-22(8-6-21)16-15-14(18-10-19-16)12-9-11(17)3-4-13(12)20-15/h3-4,9-10,20H,2,5-8H2,1H3. The first-order valence-electron chi connectivity index (χ1n) is 7.65. The number of anilines is 1. The lowest BCUT2D eigenvalue weighted by Crippen LogP contribution is -2.46. The molecule has 3 aromatic rings. The number of H-pyrrole nitrogens is 1. The molecule has 5 nitrogen and oxygen atoms in total. The van der Waals surface area contributed by atoms with Gasteiger partial charge in [-0.2, -0.15) is 0 Å². The Bertz CT molecular complexity index is 820. The number of halogens is 1. The molecule has 1 aliphatic rings. The van der Waals surface area contributed by atoms with Crippen molar-refractivity contribution in [3.8, 4) is 0 Å². The van der Waals surface area contributed by atoms with Crippen molar-refractivity contribution >= 4 is 39.4 Å². The largest absolute Gasteiger partial charge is 0.352 e. The second kappa shape index (κ2) is 5.41. The topological polar surface area (TPSA) is 48.1 Å². The molecule has 0 bridgehead atoms. The highest BCUT2D eigenvalue weighted by Gasteiger charge is 2.20. The molecular weight excluding hydrogens is 298 g/mol. The van der Waals surface area contributed by atoms with Crippen LogP contribution in [-0.2, 0) is 0 Å². The van der Waals surface area contributed by atoms with Gasteiger partial charge in [-0.1, -0.05) is 18.5 Å². The van der Waals surface area contributed by atoms with Crippen LogP contribution in [0.3, 0.4) is 0 Å². The van der Waals surface area contributed by atoms with Crippen molar-refractivity contribution in [3.05, 3.63) is 29.5 Å². The van der Waals surface area contributed by atoms with Gasteiger partial charge in [0, 0.05) is 42.1 Å². The normalized spacial score (nSPS) is 16.7. The average Bonchev–Trinajstić information content (AvgIpc) is 2.93. The molecule has 0 atom stereocenters. The van der Waals surface area contributed by atoms with Crippen molar-refractivity contribution in [3.63, 3.8) is 0 Å². The van der Waals surface area contributed by atoms with E-state index in [9.17, 15) is 0 Å². The summed E-state index contributed by atoms with van der Waals surface area (Å²) in [5.74, 6) is 0.994. The van der Waals surface area contributed by atoms with E-state index in [0.29, 0.717) is 0 Å². The van der Waals surface area contributed by atoms with Gasteiger partial charge in [-0.05, 0) is 24.7 Å². The molecular formula is C16H18ClN5. The van der Waals surface area contributed by atoms with Crippen LogP contribution in [0.5, 0.6) is 0 Å². The molecule has 22 heavy (non-hydrogen) atoms. The van der Waals surface area contributed by atoms with Crippen LogP contribution in [0.1, 0.15) is 6.92 Å². The lowest BCUT2D eigenvalue weighted by molar-refractivity contribution is 0.270. The number of fused-ring (bicyclic) bond motifs is 3. The van der Waals surface area contributed by atoms with E-state index in [1.165, 1.54) is 0 Å². The fourth-order valence-electron chi connectivity index (χ4n) is 3.17. The highest BCUT2D eigenvalue weighted by Crippen LogP contribution is 2.31. The second-order valence-electron chi connectivity index (χ2n) is 5.66. The predicted molar refractivity (Wildman–Crippen MR) is 90.7 cm³/mol. The summed E-state index contributed by atoms with van der Waals surface area (Å²) < 4.78 is 0. The summed E-state index contributed by atoms with van der Waals surface area (Å²) in [6.45, 7) is 7.46. The van der Waals surface area contributed by atoms with Gasteiger partial charge in [0.15, 0.2) is 5.82 Å². The number of benzene rings is 1. The molecule has 2 aromatic heterocycles. The third-order valence-corrected chi connectivity index (χ3v) is 4.68. The molecule has 1 aromatic carbocycles. The summed E-state index contributed by atoms with van der Waals surface area (Å²) >= 11 is 6.12. The van der Waals surface area contributed by atoms with Crippen molar-refractivity contribution < 1.29 is 0 Å². The average molecular weight is 316 g/mol. The maximum Gasteiger partial charge on any atom is 0.156 e. The van der Waals surface area contributed by atoms with Gasteiger partial charge in [0.25, 0.3) is 0 Å². The number of likely N-dealkylation sites (N-methyl/N-ethyl adjacent to an activating group) is 1. The zero-order valence-corrected chi connectivity index (χ0v) is 13.3. The van der Waals surface area contributed by atoms with Crippen molar-refractivity contribution in [1.29, 1.82) is 0 Å². The van der Waals surface area contributed by atoms with Crippen LogP contribution in [0.2, 0.25) is 5.02 Å². The molecule has 0 aliphatic carbocycles. The molecule has 1 saturated heterocycles. The fourth-order valence-corrected chi connectivity index (χ4v) is 3.34. The van der Waals surface area contributed by atoms with E-state index >= 15 is 0 Å². The quantitative estimate of drug-likeness (QED) is 0.790. The van der Waals surface area contributed by atoms with Crippen LogP contribution in [0.25, 0.3) is 21.9 Å². The second-order valence-corrected chi connectivity index (χ2v) is 6.09. The van der Waals surface area contributed by atoms with E-state index in [1.54, 1.807) is 6.33 Å². The van der Waals surface area contributed by atoms with E-state index in [2.05, 4.69) is 31.7 Å². The lowest BCUT2D eigenvalue weighted by atomic mass is 10.2. The minimum Gasteiger partial charge on any atom is -0.352 e. The Morgan fingerprint density at radius 1 is 1.18 bits per heavy atom. The molecule has 0 amide bonds. The van der Waals surface area contributed by atoms with E-state index < -0.39 is 0 Å². The Hall–Kier alpha value is -1.85. The predicted octanol–water partition coefficient (Wildman–Crippen LogP) is 2.91. The number of nitrogens with one attached hydrogen (secondary N) is 1. The minimum atomic E-state index is 0.727. The van der Waals surface area contributed by atoms with E-state index in [0.717, 1.165) is 65.5 Å². The third kappa shape index (κ3) is 2.21. The summed E-state index contributed by atoms with van der Waals surface area (Å²) in [4.78, 5) is 17.2. The molecule has 0 spiro atoms. The summed E-state index contributed by atoms with van der Waals surface area (Å²) in [7, 11) is 0. The summed E-state index contributed by atoms with van der Waals surface area (Å²) in [5.41, 5.74) is 3.00. The van der Waals surface area contributed by atoms with Crippen LogP contribution in [0.15, 0.2) is 24.5 Å². The first-order chi connectivity index (χ1) is 10.8. The first kappa shape index (κ1) is 13.8. The number of hydrogen-bond acceptors (Lipinski definition) is 4. The molecule has 1 N–H and O–H groups in total. The number of aromatic amines is 1.